The van der Waals surface area contributed by atoms with Crippen LogP contribution in [0.3, 0.4) is 0 Å². The van der Waals surface area contributed by atoms with Gasteiger partial charge in [-0.1, -0.05) is 23.7 Å². The summed E-state index contributed by atoms with van der Waals surface area (Å²) in [4.78, 5) is 4.25. The van der Waals surface area contributed by atoms with Gasteiger partial charge in [-0.15, -0.1) is 24.0 Å². The molecule has 1 heterocycles. The monoisotopic (exact) mass is 497 g/mol. The maximum atomic E-state index is 11.5. The third-order valence-electron chi connectivity index (χ3n) is 4.99. The lowest BCUT2D eigenvalue weighted by Crippen LogP contribution is -2.43. The molecule has 1 unspecified atom stereocenters. The summed E-state index contributed by atoms with van der Waals surface area (Å²) >= 11 is 6.11. The number of benzene rings is 1. The van der Waals surface area contributed by atoms with Crippen molar-refractivity contribution in [3.8, 4) is 0 Å². The zero-order valence-corrected chi connectivity index (χ0v) is 18.2. The van der Waals surface area contributed by atoms with Gasteiger partial charge in [-0.05, 0) is 42.9 Å². The van der Waals surface area contributed by atoms with Gasteiger partial charge in [-0.25, -0.2) is 8.42 Å². The van der Waals surface area contributed by atoms with E-state index in [4.69, 9.17) is 11.6 Å². The molecule has 140 valence electrons. The number of hydrogen-bond donors (Lipinski definition) is 2. The number of nitrogens with zero attached hydrogens (tertiary/aromatic N) is 1. The van der Waals surface area contributed by atoms with E-state index in [9.17, 15) is 8.42 Å². The second kappa shape index (κ2) is 8.43. The van der Waals surface area contributed by atoms with E-state index < -0.39 is 9.84 Å². The minimum absolute atomic E-state index is 0. The average molecular weight is 498 g/mol. The first kappa shape index (κ1) is 20.8. The SMILES string of the molecule is CN=C(NCC1CCS(=O)(=O)C1)NCC1(c2cccc(Cl)c2)CC1.I. The molecule has 0 amide bonds. The molecule has 8 heteroatoms. The number of guanidine groups is 1. The van der Waals surface area contributed by atoms with E-state index in [1.807, 2.05) is 18.2 Å². The summed E-state index contributed by atoms with van der Waals surface area (Å²) in [5.41, 5.74) is 1.40. The van der Waals surface area contributed by atoms with Crippen molar-refractivity contribution in [2.24, 2.45) is 10.9 Å². The summed E-state index contributed by atoms with van der Waals surface area (Å²) < 4.78 is 23.0. The fourth-order valence-corrected chi connectivity index (χ4v) is 5.34. The molecule has 1 saturated carbocycles. The van der Waals surface area contributed by atoms with E-state index in [1.165, 1.54) is 5.56 Å². The predicted octanol–water partition coefficient (Wildman–Crippen LogP) is 2.59. The highest BCUT2D eigenvalue weighted by Gasteiger charge is 2.44. The largest absolute Gasteiger partial charge is 0.356 e. The van der Waals surface area contributed by atoms with Crippen LogP contribution >= 0.6 is 35.6 Å². The van der Waals surface area contributed by atoms with Gasteiger partial charge in [0.1, 0.15) is 0 Å². The van der Waals surface area contributed by atoms with Gasteiger partial charge >= 0.3 is 0 Å². The quantitative estimate of drug-likeness (QED) is 0.373. The maximum absolute atomic E-state index is 11.5. The molecule has 0 radical (unpaired) electrons. The fraction of sp³-hybridized carbons (Fsp3) is 0.588. The van der Waals surface area contributed by atoms with Crippen molar-refractivity contribution < 1.29 is 8.42 Å². The molecule has 5 nitrogen and oxygen atoms in total. The Kier molecular flexibility index (Phi) is 7.01. The Morgan fingerprint density at radius 2 is 2.12 bits per heavy atom. The Morgan fingerprint density at radius 1 is 1.36 bits per heavy atom. The molecular formula is C17H25ClIN3O2S. The van der Waals surface area contributed by atoms with Gasteiger partial charge in [0.25, 0.3) is 0 Å². The first-order valence-electron chi connectivity index (χ1n) is 8.33. The number of rotatable bonds is 5. The van der Waals surface area contributed by atoms with Crippen LogP contribution < -0.4 is 10.6 Å². The van der Waals surface area contributed by atoms with Crippen molar-refractivity contribution in [3.63, 3.8) is 0 Å². The van der Waals surface area contributed by atoms with Gasteiger partial charge in [0.05, 0.1) is 11.5 Å². The summed E-state index contributed by atoms with van der Waals surface area (Å²) in [5, 5.41) is 7.41. The number of halogens is 2. The number of aliphatic imine (C=N–C) groups is 1. The van der Waals surface area contributed by atoms with Crippen molar-refractivity contribution >= 4 is 51.4 Å². The van der Waals surface area contributed by atoms with E-state index in [2.05, 4.69) is 21.7 Å². The van der Waals surface area contributed by atoms with Crippen molar-refractivity contribution in [2.45, 2.75) is 24.7 Å². The lowest BCUT2D eigenvalue weighted by atomic mass is 9.96. The smallest absolute Gasteiger partial charge is 0.191 e. The van der Waals surface area contributed by atoms with E-state index in [0.717, 1.165) is 36.8 Å². The van der Waals surface area contributed by atoms with Crippen LogP contribution in [0.4, 0.5) is 0 Å². The summed E-state index contributed by atoms with van der Waals surface area (Å²) in [6.45, 7) is 1.44. The van der Waals surface area contributed by atoms with Gasteiger partial charge in [-0.2, -0.15) is 0 Å². The number of sulfone groups is 1. The van der Waals surface area contributed by atoms with Crippen LogP contribution in [-0.2, 0) is 15.3 Å². The second-order valence-corrected chi connectivity index (χ2v) is 9.53. The lowest BCUT2D eigenvalue weighted by molar-refractivity contribution is 0.562. The molecule has 1 aliphatic heterocycles. The molecule has 0 aromatic heterocycles. The molecule has 25 heavy (non-hydrogen) atoms. The van der Waals surface area contributed by atoms with Crippen LogP contribution in [0.25, 0.3) is 0 Å². The first-order valence-corrected chi connectivity index (χ1v) is 10.5. The third-order valence-corrected chi connectivity index (χ3v) is 7.07. The highest BCUT2D eigenvalue weighted by atomic mass is 127. The molecule has 2 fully saturated rings. The third kappa shape index (κ3) is 5.47. The molecule has 2 N–H and O–H groups in total. The van der Waals surface area contributed by atoms with Crippen molar-refractivity contribution in [1.82, 2.24) is 10.6 Å². The molecule has 3 rings (SSSR count). The van der Waals surface area contributed by atoms with E-state index in [0.29, 0.717) is 12.3 Å². The van der Waals surface area contributed by atoms with Crippen LogP contribution in [0.1, 0.15) is 24.8 Å². The Labute approximate surface area is 172 Å². The zero-order chi connectivity index (χ0) is 17.2. The topological polar surface area (TPSA) is 70.6 Å². The molecule has 0 bridgehead atoms. The Morgan fingerprint density at radius 3 is 2.68 bits per heavy atom. The minimum Gasteiger partial charge on any atom is -0.356 e. The molecule has 1 aromatic carbocycles. The van der Waals surface area contributed by atoms with Gasteiger partial charge in [-0.3, -0.25) is 4.99 Å². The summed E-state index contributed by atoms with van der Waals surface area (Å²) in [6.07, 6.45) is 3.01. The van der Waals surface area contributed by atoms with E-state index >= 15 is 0 Å². The molecule has 1 aliphatic carbocycles. The molecule has 1 atom stereocenters. The number of hydrogen-bond acceptors (Lipinski definition) is 3. The molecule has 2 aliphatic rings. The minimum atomic E-state index is -2.83. The number of nitrogens with one attached hydrogen (secondary N) is 2. The summed E-state index contributed by atoms with van der Waals surface area (Å²) in [7, 11) is -1.09. The Bertz CT molecular complexity index is 735. The fourth-order valence-electron chi connectivity index (χ4n) is 3.28. The normalized spacial score (nSPS) is 23.6. The summed E-state index contributed by atoms with van der Waals surface area (Å²) in [5.74, 6) is 1.50. The van der Waals surface area contributed by atoms with Crippen LogP contribution in [0.15, 0.2) is 29.3 Å². The predicted molar refractivity (Wildman–Crippen MR) is 114 cm³/mol. The highest BCUT2D eigenvalue weighted by molar-refractivity contribution is 14.0. The molecule has 1 saturated heterocycles. The zero-order valence-electron chi connectivity index (χ0n) is 14.3. The van der Waals surface area contributed by atoms with E-state index in [-0.39, 0.29) is 41.1 Å². The van der Waals surface area contributed by atoms with Crippen molar-refractivity contribution in [2.75, 3.05) is 31.6 Å². The molecule has 1 aromatic rings. The maximum Gasteiger partial charge on any atom is 0.191 e. The molecular weight excluding hydrogens is 473 g/mol. The van der Waals surface area contributed by atoms with Gasteiger partial charge in [0.15, 0.2) is 15.8 Å². The Hall–Kier alpha value is -0.540. The van der Waals surface area contributed by atoms with Crippen molar-refractivity contribution in [1.29, 1.82) is 0 Å². The summed E-state index contributed by atoms with van der Waals surface area (Å²) in [6, 6.07) is 8.05. The van der Waals surface area contributed by atoms with Gasteiger partial charge in [0, 0.05) is 30.6 Å². The Balaban J connectivity index is 0.00000225. The van der Waals surface area contributed by atoms with Crippen LogP contribution in [-0.4, -0.2) is 46.0 Å². The van der Waals surface area contributed by atoms with Crippen LogP contribution in [0.2, 0.25) is 5.02 Å². The van der Waals surface area contributed by atoms with Gasteiger partial charge in [0.2, 0.25) is 0 Å². The standard InChI is InChI=1S/C17H24ClN3O2S.HI/c1-19-16(20-10-13-5-8-24(22,23)11-13)21-12-17(6-7-17)14-3-2-4-15(18)9-14;/h2-4,9,13H,5-8,10-12H2,1H3,(H2,19,20,21);1H. The van der Waals surface area contributed by atoms with Crippen LogP contribution in [0, 0.1) is 5.92 Å². The van der Waals surface area contributed by atoms with Gasteiger partial charge < -0.3 is 10.6 Å². The van der Waals surface area contributed by atoms with Crippen molar-refractivity contribution in [3.05, 3.63) is 34.9 Å². The molecule has 0 spiro atoms. The second-order valence-electron chi connectivity index (χ2n) is 6.87. The van der Waals surface area contributed by atoms with Crippen LogP contribution in [0.5, 0.6) is 0 Å². The van der Waals surface area contributed by atoms with E-state index in [1.54, 1.807) is 7.05 Å². The first-order chi connectivity index (χ1) is 11.4. The lowest BCUT2D eigenvalue weighted by Gasteiger charge is -2.20. The highest BCUT2D eigenvalue weighted by Crippen LogP contribution is 2.48. The average Bonchev–Trinajstić information content (AvgIpc) is 3.26.